The molecule has 0 fully saturated rings. The van der Waals surface area contributed by atoms with Crippen molar-refractivity contribution in [2.45, 2.75) is 44.0 Å². The summed E-state index contributed by atoms with van der Waals surface area (Å²) in [5, 5.41) is 9.51. The fraction of sp³-hybridized carbons (Fsp3) is 0.348. The van der Waals surface area contributed by atoms with E-state index in [4.69, 9.17) is 0 Å². The summed E-state index contributed by atoms with van der Waals surface area (Å²) in [7, 11) is -3.27. The molecule has 2 N–H and O–H groups in total. The first-order chi connectivity index (χ1) is 15.0. The van der Waals surface area contributed by atoms with Gasteiger partial charge in [-0.3, -0.25) is 9.78 Å². The third-order valence-electron chi connectivity index (χ3n) is 5.74. The Hall–Kier alpha value is -2.84. The Kier molecular flexibility index (Phi) is 6.29. The van der Waals surface area contributed by atoms with Crippen molar-refractivity contribution in [2.75, 3.05) is 5.75 Å². The van der Waals surface area contributed by atoms with Crippen molar-refractivity contribution in [2.24, 2.45) is 0 Å². The van der Waals surface area contributed by atoms with E-state index in [1.807, 2.05) is 37.3 Å². The molecule has 1 aromatic carbocycles. The molecule has 31 heavy (non-hydrogen) atoms. The molecule has 0 saturated carbocycles. The van der Waals surface area contributed by atoms with E-state index in [2.05, 4.69) is 20.5 Å². The molecular formula is C23H26N4O3S. The number of fused-ring (bicyclic) bond motifs is 1. The molecule has 0 spiro atoms. The van der Waals surface area contributed by atoms with Gasteiger partial charge < -0.3 is 5.32 Å². The van der Waals surface area contributed by atoms with E-state index < -0.39 is 15.1 Å². The minimum atomic E-state index is -3.27. The van der Waals surface area contributed by atoms with Crippen LogP contribution >= 0.6 is 0 Å². The number of rotatable bonds is 8. The summed E-state index contributed by atoms with van der Waals surface area (Å²) in [4.78, 5) is 15.5. The quantitative estimate of drug-likeness (QED) is 0.560. The third-order valence-corrected chi connectivity index (χ3v) is 7.96. The normalized spacial score (nSPS) is 18.1. The van der Waals surface area contributed by atoms with Crippen LogP contribution in [0.1, 0.15) is 42.5 Å². The second-order valence-corrected chi connectivity index (χ2v) is 10.2. The van der Waals surface area contributed by atoms with Crippen LogP contribution in [0.4, 0.5) is 0 Å². The SMILES string of the molecule is CCCCS(=O)(=O)C1Cc2cc(-c3ccc(=O)[nH]n3)ccc2C1NCc1cccnc1. The molecule has 1 aliphatic rings. The Bertz CT molecular complexity index is 1190. The van der Waals surface area contributed by atoms with Gasteiger partial charge in [0.2, 0.25) is 0 Å². The first kappa shape index (κ1) is 21.4. The van der Waals surface area contributed by atoms with Gasteiger partial charge in [-0.15, -0.1) is 0 Å². The Morgan fingerprint density at radius 1 is 1.19 bits per heavy atom. The maximum absolute atomic E-state index is 13.2. The molecule has 0 saturated heterocycles. The van der Waals surface area contributed by atoms with Crippen LogP contribution in [0.15, 0.2) is 59.7 Å². The van der Waals surface area contributed by atoms with Crippen molar-refractivity contribution in [3.63, 3.8) is 0 Å². The van der Waals surface area contributed by atoms with Gasteiger partial charge in [0.05, 0.1) is 16.7 Å². The van der Waals surface area contributed by atoms with Crippen molar-refractivity contribution in [1.29, 1.82) is 0 Å². The number of nitrogens with zero attached hydrogens (tertiary/aromatic N) is 2. The lowest BCUT2D eigenvalue weighted by molar-refractivity contribution is 0.503. The lowest BCUT2D eigenvalue weighted by atomic mass is 10.0. The fourth-order valence-corrected chi connectivity index (χ4v) is 6.17. The highest BCUT2D eigenvalue weighted by molar-refractivity contribution is 7.92. The summed E-state index contributed by atoms with van der Waals surface area (Å²) < 4.78 is 26.3. The molecule has 8 heteroatoms. The second-order valence-electron chi connectivity index (χ2n) is 7.90. The van der Waals surface area contributed by atoms with Crippen LogP contribution in [0.5, 0.6) is 0 Å². The maximum atomic E-state index is 13.2. The van der Waals surface area contributed by atoms with Gasteiger partial charge in [0, 0.05) is 36.6 Å². The number of aromatic nitrogens is 3. The van der Waals surface area contributed by atoms with Gasteiger partial charge in [-0.2, -0.15) is 5.10 Å². The number of hydrogen-bond acceptors (Lipinski definition) is 6. The van der Waals surface area contributed by atoms with E-state index in [9.17, 15) is 13.2 Å². The number of H-pyrrole nitrogens is 1. The molecule has 2 unspecified atom stereocenters. The largest absolute Gasteiger partial charge is 0.305 e. The molecule has 2 aromatic heterocycles. The van der Waals surface area contributed by atoms with Crippen molar-refractivity contribution < 1.29 is 8.42 Å². The zero-order chi connectivity index (χ0) is 21.8. The van der Waals surface area contributed by atoms with E-state index in [1.54, 1.807) is 18.5 Å². The van der Waals surface area contributed by atoms with Crippen LogP contribution in [0.25, 0.3) is 11.3 Å². The summed E-state index contributed by atoms with van der Waals surface area (Å²) in [6.45, 7) is 2.54. The highest BCUT2D eigenvalue weighted by Crippen LogP contribution is 2.38. The van der Waals surface area contributed by atoms with Crippen molar-refractivity contribution >= 4 is 9.84 Å². The third kappa shape index (κ3) is 4.75. The molecule has 162 valence electrons. The number of sulfone groups is 1. The molecule has 0 radical (unpaired) electrons. The van der Waals surface area contributed by atoms with E-state index in [0.717, 1.165) is 28.7 Å². The van der Waals surface area contributed by atoms with E-state index in [-0.39, 0.29) is 17.4 Å². The number of aromatic amines is 1. The molecule has 3 aromatic rings. The first-order valence-electron chi connectivity index (χ1n) is 10.5. The van der Waals surface area contributed by atoms with Gasteiger partial charge >= 0.3 is 0 Å². The standard InChI is InChI=1S/C23H26N4O3S/c1-2-3-11-31(29,30)21-13-18-12-17(20-8-9-22(28)27-26-20)6-7-19(18)23(21)25-15-16-5-4-10-24-14-16/h4-10,12,14,21,23,25H,2-3,11,13,15H2,1H3,(H,27,28). The average molecular weight is 439 g/mol. The van der Waals surface area contributed by atoms with Crippen LogP contribution in [-0.2, 0) is 22.8 Å². The summed E-state index contributed by atoms with van der Waals surface area (Å²) in [6.07, 6.45) is 5.47. The van der Waals surface area contributed by atoms with Crippen LogP contribution in [0.3, 0.4) is 0 Å². The zero-order valence-electron chi connectivity index (χ0n) is 17.4. The summed E-state index contributed by atoms with van der Waals surface area (Å²) in [5.74, 6) is 0.196. The summed E-state index contributed by atoms with van der Waals surface area (Å²) in [6, 6.07) is 12.6. The number of nitrogens with one attached hydrogen (secondary N) is 2. The molecule has 4 rings (SSSR count). The Morgan fingerprint density at radius 3 is 2.77 bits per heavy atom. The maximum Gasteiger partial charge on any atom is 0.264 e. The highest BCUT2D eigenvalue weighted by Gasteiger charge is 2.40. The first-order valence-corrected chi connectivity index (χ1v) is 12.2. The lowest BCUT2D eigenvalue weighted by Gasteiger charge is -2.22. The van der Waals surface area contributed by atoms with E-state index in [1.165, 1.54) is 6.07 Å². The molecule has 7 nitrogen and oxygen atoms in total. The Morgan fingerprint density at radius 2 is 2.06 bits per heavy atom. The number of hydrogen-bond donors (Lipinski definition) is 2. The molecular weight excluding hydrogens is 412 g/mol. The number of unbranched alkanes of at least 4 members (excludes halogenated alkanes) is 1. The van der Waals surface area contributed by atoms with Crippen molar-refractivity contribution in [3.05, 3.63) is 81.9 Å². The summed E-state index contributed by atoms with van der Waals surface area (Å²) >= 11 is 0. The van der Waals surface area contributed by atoms with Gasteiger partial charge in [0.1, 0.15) is 0 Å². The van der Waals surface area contributed by atoms with Crippen LogP contribution in [0.2, 0.25) is 0 Å². The molecule has 2 heterocycles. The monoisotopic (exact) mass is 438 g/mol. The van der Waals surface area contributed by atoms with Crippen LogP contribution < -0.4 is 10.9 Å². The van der Waals surface area contributed by atoms with Gasteiger partial charge in [-0.05, 0) is 47.7 Å². The molecule has 1 aliphatic carbocycles. The van der Waals surface area contributed by atoms with Crippen molar-refractivity contribution in [3.8, 4) is 11.3 Å². The van der Waals surface area contributed by atoms with Gasteiger partial charge in [0.25, 0.3) is 5.56 Å². The highest BCUT2D eigenvalue weighted by atomic mass is 32.2. The van der Waals surface area contributed by atoms with Crippen LogP contribution in [0, 0.1) is 0 Å². The van der Waals surface area contributed by atoms with E-state index in [0.29, 0.717) is 25.1 Å². The smallest absolute Gasteiger partial charge is 0.264 e. The number of benzene rings is 1. The fourth-order valence-electron chi connectivity index (χ4n) is 4.09. The van der Waals surface area contributed by atoms with E-state index >= 15 is 0 Å². The Balaban J connectivity index is 1.66. The minimum absolute atomic E-state index is 0.196. The molecule has 0 aliphatic heterocycles. The molecule has 0 amide bonds. The topological polar surface area (TPSA) is 105 Å². The molecule has 2 atom stereocenters. The average Bonchev–Trinajstić information content (AvgIpc) is 3.16. The zero-order valence-corrected chi connectivity index (χ0v) is 18.2. The van der Waals surface area contributed by atoms with Crippen LogP contribution in [-0.4, -0.2) is 34.6 Å². The second kappa shape index (κ2) is 9.11. The molecule has 0 bridgehead atoms. The predicted molar refractivity (Wildman–Crippen MR) is 120 cm³/mol. The summed E-state index contributed by atoms with van der Waals surface area (Å²) in [5.41, 5.74) is 4.26. The Labute approximate surface area is 181 Å². The van der Waals surface area contributed by atoms with Gasteiger partial charge in [-0.1, -0.05) is 31.5 Å². The number of pyridine rings is 1. The van der Waals surface area contributed by atoms with Gasteiger partial charge in [-0.25, -0.2) is 13.5 Å². The minimum Gasteiger partial charge on any atom is -0.305 e. The predicted octanol–water partition coefficient (Wildman–Crippen LogP) is 2.80. The lowest BCUT2D eigenvalue weighted by Crippen LogP contribution is -2.35. The van der Waals surface area contributed by atoms with Crippen molar-refractivity contribution in [1.82, 2.24) is 20.5 Å². The van der Waals surface area contributed by atoms with Gasteiger partial charge in [0.15, 0.2) is 9.84 Å².